The Kier molecular flexibility index (Phi) is 7.80. The molecule has 0 N–H and O–H groups in total. The number of fused-ring (bicyclic) bond motifs is 10. The summed E-state index contributed by atoms with van der Waals surface area (Å²) in [5.41, 5.74) is 13.0. The van der Waals surface area contributed by atoms with Crippen molar-refractivity contribution in [2.24, 2.45) is 0 Å². The molecule has 9 aromatic carbocycles. The van der Waals surface area contributed by atoms with Crippen molar-refractivity contribution in [3.8, 4) is 51.2 Å². The SMILES string of the molecule is c1ccc(-c2nc(-c3ccccc3)nc(-c3cccc4c3c3ccc(-n5c6ccccc6c6c5ccc5c7ccccc7n(-c7ccccc7)c56)cc3n4-c3ccccc3)n2)cc1. The molecule has 0 spiro atoms. The smallest absolute Gasteiger partial charge is 0.164 e. The maximum atomic E-state index is 5.20. The highest BCUT2D eigenvalue weighted by Crippen LogP contribution is 2.44. The molecule has 6 heteroatoms. The number of nitrogens with zero attached hydrogens (tertiary/aromatic N) is 6. The van der Waals surface area contributed by atoms with Crippen LogP contribution in [0.4, 0.5) is 0 Å². The van der Waals surface area contributed by atoms with Gasteiger partial charge in [0.15, 0.2) is 17.5 Å². The first-order valence-electron chi connectivity index (χ1n) is 21.3. The third-order valence-corrected chi connectivity index (χ3v) is 12.5. The Morgan fingerprint density at radius 1 is 0.270 bits per heavy atom. The highest BCUT2D eigenvalue weighted by atomic mass is 15.0. The standard InChI is InChI=1S/C57H36N6/c1-5-18-37(19-6-1)55-58-56(38-20-7-2-8-21-38)60-57(59-55)46-28-17-31-49-52(46)45-33-32-41(36-51(45)61(49)39-22-9-3-10-23-39)62-48-30-16-14-27-44(48)53-50(62)35-34-43-42-26-13-15-29-47(42)63(54(43)53)40-24-11-4-12-25-40/h1-36H. The molecule has 0 aliphatic heterocycles. The Balaban J connectivity index is 1.10. The number of hydrogen-bond donors (Lipinski definition) is 0. The number of hydrogen-bond acceptors (Lipinski definition) is 3. The second kappa shape index (κ2) is 14.0. The van der Waals surface area contributed by atoms with Gasteiger partial charge in [0.1, 0.15) is 0 Å². The van der Waals surface area contributed by atoms with E-state index < -0.39 is 0 Å². The summed E-state index contributed by atoms with van der Waals surface area (Å²) in [5, 5.41) is 7.12. The first kappa shape index (κ1) is 35.2. The molecule has 4 heterocycles. The molecule has 4 aromatic heterocycles. The van der Waals surface area contributed by atoms with Gasteiger partial charge < -0.3 is 13.7 Å². The minimum atomic E-state index is 0.629. The average Bonchev–Trinajstić information content (AvgIpc) is 4.00. The fraction of sp³-hybridized carbons (Fsp3) is 0. The van der Waals surface area contributed by atoms with Crippen LogP contribution < -0.4 is 0 Å². The fourth-order valence-electron chi connectivity index (χ4n) is 9.80. The lowest BCUT2D eigenvalue weighted by molar-refractivity contribution is 1.08. The normalized spacial score (nSPS) is 11.8. The Bertz CT molecular complexity index is 3830. The van der Waals surface area contributed by atoms with Crippen LogP contribution in [0.1, 0.15) is 0 Å². The van der Waals surface area contributed by atoms with Crippen molar-refractivity contribution in [2.45, 2.75) is 0 Å². The van der Waals surface area contributed by atoms with E-state index in [4.69, 9.17) is 15.0 Å². The van der Waals surface area contributed by atoms with Crippen LogP contribution in [0.3, 0.4) is 0 Å². The molecule has 13 rings (SSSR count). The quantitative estimate of drug-likeness (QED) is 0.168. The van der Waals surface area contributed by atoms with E-state index in [-0.39, 0.29) is 0 Å². The summed E-state index contributed by atoms with van der Waals surface area (Å²) in [6.07, 6.45) is 0. The van der Waals surface area contributed by atoms with Crippen LogP contribution in [-0.2, 0) is 0 Å². The van der Waals surface area contributed by atoms with Crippen molar-refractivity contribution < 1.29 is 0 Å². The minimum absolute atomic E-state index is 0.629. The minimum Gasteiger partial charge on any atom is -0.309 e. The second-order valence-electron chi connectivity index (χ2n) is 16.0. The van der Waals surface area contributed by atoms with Crippen LogP contribution >= 0.6 is 0 Å². The van der Waals surface area contributed by atoms with E-state index >= 15 is 0 Å². The average molecular weight is 805 g/mol. The van der Waals surface area contributed by atoms with Gasteiger partial charge in [0, 0.05) is 66.1 Å². The lowest BCUT2D eigenvalue weighted by atomic mass is 10.0. The van der Waals surface area contributed by atoms with Crippen molar-refractivity contribution in [3.63, 3.8) is 0 Å². The molecule has 0 saturated carbocycles. The summed E-state index contributed by atoms with van der Waals surface area (Å²) in [6, 6.07) is 77.3. The molecular formula is C57H36N6. The zero-order valence-electron chi connectivity index (χ0n) is 34.0. The van der Waals surface area contributed by atoms with Gasteiger partial charge in [-0.1, -0.05) is 158 Å². The molecule has 0 atom stereocenters. The molecular weight excluding hydrogens is 769 g/mol. The topological polar surface area (TPSA) is 53.5 Å². The Morgan fingerprint density at radius 3 is 1.41 bits per heavy atom. The Morgan fingerprint density at radius 2 is 0.746 bits per heavy atom. The van der Waals surface area contributed by atoms with Gasteiger partial charge in [-0.05, 0) is 60.7 Å². The van der Waals surface area contributed by atoms with Gasteiger partial charge in [-0.25, -0.2) is 15.0 Å². The second-order valence-corrected chi connectivity index (χ2v) is 16.0. The number of para-hydroxylation sites is 4. The van der Waals surface area contributed by atoms with E-state index in [1.165, 1.54) is 32.6 Å². The molecule has 0 unspecified atom stereocenters. The fourth-order valence-corrected chi connectivity index (χ4v) is 9.80. The summed E-state index contributed by atoms with van der Waals surface area (Å²) in [6.45, 7) is 0. The van der Waals surface area contributed by atoms with Gasteiger partial charge in [-0.2, -0.15) is 0 Å². The summed E-state index contributed by atoms with van der Waals surface area (Å²) >= 11 is 0. The summed E-state index contributed by atoms with van der Waals surface area (Å²) < 4.78 is 7.26. The molecule has 294 valence electrons. The molecule has 63 heavy (non-hydrogen) atoms. The molecule has 0 aliphatic rings. The lowest BCUT2D eigenvalue weighted by Crippen LogP contribution is -2.00. The molecule has 0 radical (unpaired) electrons. The van der Waals surface area contributed by atoms with Crippen molar-refractivity contribution >= 4 is 65.4 Å². The number of benzene rings is 9. The van der Waals surface area contributed by atoms with Crippen molar-refractivity contribution in [3.05, 3.63) is 218 Å². The number of aromatic nitrogens is 6. The van der Waals surface area contributed by atoms with E-state index in [1.807, 2.05) is 36.4 Å². The van der Waals surface area contributed by atoms with Gasteiger partial charge in [0.25, 0.3) is 0 Å². The highest BCUT2D eigenvalue weighted by Gasteiger charge is 2.23. The lowest BCUT2D eigenvalue weighted by Gasteiger charge is -2.12. The van der Waals surface area contributed by atoms with Crippen LogP contribution in [0.5, 0.6) is 0 Å². The molecule has 0 fully saturated rings. The van der Waals surface area contributed by atoms with Crippen molar-refractivity contribution in [1.29, 1.82) is 0 Å². The molecule has 0 bridgehead atoms. The highest BCUT2D eigenvalue weighted by molar-refractivity contribution is 6.26. The summed E-state index contributed by atoms with van der Waals surface area (Å²) in [5.74, 6) is 1.90. The maximum absolute atomic E-state index is 5.20. The van der Waals surface area contributed by atoms with Gasteiger partial charge in [0.2, 0.25) is 0 Å². The van der Waals surface area contributed by atoms with Crippen molar-refractivity contribution in [1.82, 2.24) is 28.7 Å². The zero-order valence-corrected chi connectivity index (χ0v) is 34.0. The van der Waals surface area contributed by atoms with Crippen molar-refractivity contribution in [2.75, 3.05) is 0 Å². The van der Waals surface area contributed by atoms with Crippen LogP contribution in [0.25, 0.3) is 117 Å². The zero-order chi connectivity index (χ0) is 41.4. The Labute approximate surface area is 362 Å². The third kappa shape index (κ3) is 5.41. The summed E-state index contributed by atoms with van der Waals surface area (Å²) in [7, 11) is 0. The maximum Gasteiger partial charge on any atom is 0.164 e. The third-order valence-electron chi connectivity index (χ3n) is 12.5. The van der Waals surface area contributed by atoms with Gasteiger partial charge in [-0.3, -0.25) is 0 Å². The van der Waals surface area contributed by atoms with E-state index in [2.05, 4.69) is 196 Å². The first-order valence-corrected chi connectivity index (χ1v) is 21.3. The molecule has 0 amide bonds. The van der Waals surface area contributed by atoms with E-state index in [0.717, 1.165) is 66.6 Å². The predicted molar refractivity (Wildman–Crippen MR) is 259 cm³/mol. The molecule has 0 saturated heterocycles. The molecule has 0 aliphatic carbocycles. The molecule has 6 nitrogen and oxygen atoms in total. The largest absolute Gasteiger partial charge is 0.309 e. The predicted octanol–water partition coefficient (Wildman–Crippen LogP) is 14.2. The van der Waals surface area contributed by atoms with Crippen LogP contribution in [0, 0.1) is 0 Å². The van der Waals surface area contributed by atoms with Gasteiger partial charge >= 0.3 is 0 Å². The van der Waals surface area contributed by atoms with Gasteiger partial charge in [0.05, 0.1) is 33.1 Å². The van der Waals surface area contributed by atoms with E-state index in [0.29, 0.717) is 17.5 Å². The van der Waals surface area contributed by atoms with E-state index in [9.17, 15) is 0 Å². The van der Waals surface area contributed by atoms with Crippen LogP contribution in [-0.4, -0.2) is 28.7 Å². The Hall–Kier alpha value is -8.61. The summed E-state index contributed by atoms with van der Waals surface area (Å²) in [4.78, 5) is 15.4. The van der Waals surface area contributed by atoms with Gasteiger partial charge in [-0.15, -0.1) is 0 Å². The molecule has 13 aromatic rings. The van der Waals surface area contributed by atoms with E-state index in [1.54, 1.807) is 0 Å². The van der Waals surface area contributed by atoms with Crippen LogP contribution in [0.2, 0.25) is 0 Å². The van der Waals surface area contributed by atoms with Crippen LogP contribution in [0.15, 0.2) is 218 Å². The monoisotopic (exact) mass is 804 g/mol. The number of rotatable bonds is 6. The first-order chi connectivity index (χ1) is 31.3.